The van der Waals surface area contributed by atoms with Crippen molar-refractivity contribution in [1.29, 1.82) is 0 Å². The fraction of sp³-hybridized carbons (Fsp3) is 0.500. The maximum atomic E-state index is 12.8. The minimum Gasteiger partial charge on any atom is -0.342 e. The highest BCUT2D eigenvalue weighted by Crippen LogP contribution is 2.08. The maximum Gasteiger partial charge on any atom is 0.239 e. The molecule has 6 nitrogen and oxygen atoms in total. The Morgan fingerprint density at radius 1 is 1.04 bits per heavy atom. The van der Waals surface area contributed by atoms with E-state index >= 15 is 0 Å². The number of halogens is 1. The van der Waals surface area contributed by atoms with Gasteiger partial charge >= 0.3 is 0 Å². The van der Waals surface area contributed by atoms with Gasteiger partial charge in [0.25, 0.3) is 0 Å². The number of benzene rings is 1. The van der Waals surface area contributed by atoms with Gasteiger partial charge in [0.1, 0.15) is 17.3 Å². The Balaban J connectivity index is 2.62. The first-order valence-electron chi connectivity index (χ1n) is 7.81. The highest BCUT2D eigenvalue weighted by molar-refractivity contribution is 7.92. The predicted octanol–water partition coefficient (Wildman–Crippen LogP) is 1.83. The highest BCUT2D eigenvalue weighted by atomic mass is 32.2. The van der Waals surface area contributed by atoms with E-state index in [1.165, 1.54) is 17.0 Å². The lowest BCUT2D eigenvalue weighted by atomic mass is 10.3. The zero-order valence-electron chi connectivity index (χ0n) is 13.9. The highest BCUT2D eigenvalue weighted by Gasteiger charge is 2.24. The van der Waals surface area contributed by atoms with Crippen LogP contribution in [-0.4, -0.2) is 49.7 Å². The van der Waals surface area contributed by atoms with Gasteiger partial charge in [-0.1, -0.05) is 13.8 Å². The van der Waals surface area contributed by atoms with E-state index < -0.39 is 39.0 Å². The molecule has 0 aromatic heterocycles. The molecule has 2 amide bonds. The molecular weight excluding hydrogens is 335 g/mol. The van der Waals surface area contributed by atoms with E-state index in [-0.39, 0.29) is 0 Å². The van der Waals surface area contributed by atoms with Gasteiger partial charge in [-0.15, -0.1) is 0 Å². The van der Waals surface area contributed by atoms with Crippen LogP contribution in [-0.2, 0) is 19.4 Å². The molecule has 0 atom stereocenters. The second-order valence-electron chi connectivity index (χ2n) is 5.47. The third-order valence-corrected chi connectivity index (χ3v) is 4.55. The maximum absolute atomic E-state index is 12.8. The first-order chi connectivity index (χ1) is 11.3. The monoisotopic (exact) mass is 358 g/mol. The number of hydrogen-bond acceptors (Lipinski definition) is 4. The van der Waals surface area contributed by atoms with Gasteiger partial charge in [-0.3, -0.25) is 9.59 Å². The van der Waals surface area contributed by atoms with Crippen LogP contribution in [0.1, 0.15) is 26.7 Å². The summed E-state index contributed by atoms with van der Waals surface area (Å²) in [4.78, 5) is 25.4. The molecule has 8 heteroatoms. The van der Waals surface area contributed by atoms with E-state index in [1.807, 2.05) is 13.8 Å². The molecule has 0 aliphatic carbocycles. The molecule has 134 valence electrons. The summed E-state index contributed by atoms with van der Waals surface area (Å²) in [6.07, 6.45) is 1.47. The Labute approximate surface area is 142 Å². The summed E-state index contributed by atoms with van der Waals surface area (Å²) in [7, 11) is -3.87. The summed E-state index contributed by atoms with van der Waals surface area (Å²) >= 11 is 0. The molecule has 0 bridgehead atoms. The molecule has 0 unspecified atom stereocenters. The van der Waals surface area contributed by atoms with Crippen LogP contribution in [0.15, 0.2) is 24.3 Å². The summed E-state index contributed by atoms with van der Waals surface area (Å²) in [5, 5.41) is 2.37. The second kappa shape index (κ2) is 9.36. The molecule has 1 aromatic rings. The van der Waals surface area contributed by atoms with Gasteiger partial charge < -0.3 is 10.2 Å². The smallest absolute Gasteiger partial charge is 0.239 e. The molecule has 0 saturated carbocycles. The van der Waals surface area contributed by atoms with Crippen molar-refractivity contribution in [1.82, 2.24) is 4.90 Å². The minimum absolute atomic E-state index is 0.293. The van der Waals surface area contributed by atoms with Crippen molar-refractivity contribution in [3.63, 3.8) is 0 Å². The zero-order valence-corrected chi connectivity index (χ0v) is 14.7. The molecule has 0 heterocycles. The minimum atomic E-state index is -3.87. The number of nitrogens with one attached hydrogen (secondary N) is 1. The molecule has 0 aliphatic heterocycles. The van der Waals surface area contributed by atoms with E-state index in [0.29, 0.717) is 18.8 Å². The summed E-state index contributed by atoms with van der Waals surface area (Å²) in [6.45, 7) is 4.79. The molecule has 0 saturated heterocycles. The van der Waals surface area contributed by atoms with Crippen molar-refractivity contribution >= 4 is 27.3 Å². The van der Waals surface area contributed by atoms with Gasteiger partial charge in [0.05, 0.1) is 0 Å². The van der Waals surface area contributed by atoms with Crippen molar-refractivity contribution in [3.8, 4) is 0 Å². The first kappa shape index (κ1) is 20.1. The average molecular weight is 358 g/mol. The number of carbonyl (C=O) groups is 2. The molecule has 0 radical (unpaired) electrons. The van der Waals surface area contributed by atoms with Gasteiger partial charge in [-0.05, 0) is 37.1 Å². The van der Waals surface area contributed by atoms with E-state index in [2.05, 4.69) is 5.32 Å². The van der Waals surface area contributed by atoms with Crippen LogP contribution in [0.3, 0.4) is 0 Å². The number of sulfone groups is 1. The van der Waals surface area contributed by atoms with Crippen LogP contribution in [0.5, 0.6) is 0 Å². The van der Waals surface area contributed by atoms with Crippen LogP contribution in [0.25, 0.3) is 0 Å². The Bertz CT molecular complexity index is 653. The van der Waals surface area contributed by atoms with Gasteiger partial charge in [0.2, 0.25) is 11.8 Å². The van der Waals surface area contributed by atoms with Crippen molar-refractivity contribution in [2.75, 3.05) is 29.9 Å². The van der Waals surface area contributed by atoms with Gasteiger partial charge in [0, 0.05) is 18.8 Å². The Morgan fingerprint density at radius 2 is 1.58 bits per heavy atom. The third kappa shape index (κ3) is 7.08. The van der Waals surface area contributed by atoms with Crippen molar-refractivity contribution < 1.29 is 22.4 Å². The summed E-state index contributed by atoms with van der Waals surface area (Å²) in [6, 6.07) is 4.96. The van der Waals surface area contributed by atoms with Crippen LogP contribution >= 0.6 is 0 Å². The van der Waals surface area contributed by atoms with Crippen LogP contribution in [0.2, 0.25) is 0 Å². The first-order valence-corrected chi connectivity index (χ1v) is 9.63. The number of carbonyl (C=O) groups excluding carboxylic acids is 2. The molecule has 0 aliphatic rings. The summed E-state index contributed by atoms with van der Waals surface area (Å²) in [5.41, 5.74) is 0.293. The van der Waals surface area contributed by atoms with E-state index in [4.69, 9.17) is 0 Å². The number of hydrogen-bond donors (Lipinski definition) is 1. The fourth-order valence-electron chi connectivity index (χ4n) is 2.16. The molecule has 24 heavy (non-hydrogen) atoms. The molecule has 0 fully saturated rings. The van der Waals surface area contributed by atoms with E-state index in [1.54, 1.807) is 0 Å². The number of rotatable bonds is 9. The molecular formula is C16H23FN2O4S. The van der Waals surface area contributed by atoms with Gasteiger partial charge in [-0.25, -0.2) is 12.8 Å². The quantitative estimate of drug-likeness (QED) is 0.730. The van der Waals surface area contributed by atoms with E-state index in [0.717, 1.165) is 25.0 Å². The molecule has 0 spiro atoms. The van der Waals surface area contributed by atoms with Crippen molar-refractivity contribution in [2.45, 2.75) is 26.7 Å². The molecule has 1 N–H and O–H groups in total. The second-order valence-corrected chi connectivity index (χ2v) is 7.53. The third-order valence-electron chi connectivity index (χ3n) is 3.16. The number of nitrogens with zero attached hydrogens (tertiary/aromatic N) is 1. The lowest BCUT2D eigenvalue weighted by Crippen LogP contribution is -2.38. The van der Waals surface area contributed by atoms with Crippen molar-refractivity contribution in [2.24, 2.45) is 0 Å². The van der Waals surface area contributed by atoms with E-state index in [9.17, 15) is 22.4 Å². The van der Waals surface area contributed by atoms with Crippen molar-refractivity contribution in [3.05, 3.63) is 30.1 Å². The van der Waals surface area contributed by atoms with Crippen LogP contribution in [0.4, 0.5) is 10.1 Å². The number of amides is 2. The molecule has 1 aromatic carbocycles. The Morgan fingerprint density at radius 3 is 2.08 bits per heavy atom. The summed E-state index contributed by atoms with van der Waals surface area (Å²) < 4.78 is 36.9. The summed E-state index contributed by atoms with van der Waals surface area (Å²) in [5.74, 6) is -3.19. The average Bonchev–Trinajstić information content (AvgIpc) is 2.48. The van der Waals surface area contributed by atoms with Gasteiger partial charge in [-0.2, -0.15) is 0 Å². The fourth-order valence-corrected chi connectivity index (χ4v) is 3.29. The standard InChI is InChI=1S/C16H23FN2O4S/c1-3-9-19(10-4-2)16(21)12-24(22,23)11-15(20)18-14-7-5-13(17)6-8-14/h5-8H,3-4,9-12H2,1-2H3,(H,18,20). The zero-order chi connectivity index (χ0) is 18.2. The lowest BCUT2D eigenvalue weighted by molar-refractivity contribution is -0.128. The predicted molar refractivity (Wildman–Crippen MR) is 90.8 cm³/mol. The topological polar surface area (TPSA) is 83.6 Å². The van der Waals surface area contributed by atoms with Gasteiger partial charge in [0.15, 0.2) is 9.84 Å². The SMILES string of the molecule is CCCN(CCC)C(=O)CS(=O)(=O)CC(=O)Nc1ccc(F)cc1. The largest absolute Gasteiger partial charge is 0.342 e. The van der Waals surface area contributed by atoms with Crippen LogP contribution < -0.4 is 5.32 Å². The Hall–Kier alpha value is -1.96. The normalized spacial score (nSPS) is 11.1. The Kier molecular flexibility index (Phi) is 7.84. The molecule has 1 rings (SSSR count). The lowest BCUT2D eigenvalue weighted by Gasteiger charge is -2.21. The van der Waals surface area contributed by atoms with Crippen LogP contribution in [0, 0.1) is 5.82 Å². The number of anilines is 1.